The third-order valence-corrected chi connectivity index (χ3v) is 9.49. The van der Waals surface area contributed by atoms with Crippen LogP contribution in [0.25, 0.3) is 0 Å². The Hall–Kier alpha value is -0.433. The van der Waals surface area contributed by atoms with Crippen LogP contribution in [0.1, 0.15) is 86.5 Å². The van der Waals surface area contributed by atoms with E-state index in [4.69, 9.17) is 18.3 Å². The van der Waals surface area contributed by atoms with E-state index in [1.807, 2.05) is 0 Å². The molecule has 1 saturated heterocycles. The zero-order chi connectivity index (χ0) is 19.9. The van der Waals surface area contributed by atoms with Crippen molar-refractivity contribution in [1.29, 1.82) is 0 Å². The molecule has 26 heavy (non-hydrogen) atoms. The Morgan fingerprint density at radius 2 is 1.62 bits per heavy atom. The third-order valence-electron chi connectivity index (χ3n) is 4.83. The van der Waals surface area contributed by atoms with Crippen LogP contribution in [0, 0.1) is 0 Å². The van der Waals surface area contributed by atoms with Gasteiger partial charge in [-0.1, -0.05) is 40.0 Å². The highest BCUT2D eigenvalue weighted by molar-refractivity contribution is 6.70. The number of carbonyl (C=O) groups excluding carboxylic acids is 1. The number of carbonyl (C=O) groups is 1. The Kier molecular flexibility index (Phi) is 14.4. The molecule has 0 N–H and O–H groups in total. The Bertz CT molecular complexity index is 349. The molecular formula is C20H42O5Si. The molecule has 1 rings (SSSR count). The zero-order valence-electron chi connectivity index (χ0n) is 18.0. The van der Waals surface area contributed by atoms with Crippen LogP contribution in [-0.4, -0.2) is 46.2 Å². The molecule has 0 spiro atoms. The van der Waals surface area contributed by atoms with Crippen molar-refractivity contribution < 1.29 is 23.1 Å². The second-order valence-electron chi connectivity index (χ2n) is 6.53. The number of hydrogen-bond donors (Lipinski definition) is 0. The van der Waals surface area contributed by atoms with E-state index in [1.54, 1.807) is 6.92 Å². The summed E-state index contributed by atoms with van der Waals surface area (Å²) < 4.78 is 23.3. The summed E-state index contributed by atoms with van der Waals surface area (Å²) in [5.74, 6) is -0.0940. The van der Waals surface area contributed by atoms with Crippen molar-refractivity contribution in [3.63, 3.8) is 0 Å². The summed E-state index contributed by atoms with van der Waals surface area (Å²) in [6.07, 6.45) is 7.12. The van der Waals surface area contributed by atoms with E-state index in [2.05, 4.69) is 34.6 Å². The van der Waals surface area contributed by atoms with Gasteiger partial charge in [0.25, 0.3) is 0 Å². The summed E-state index contributed by atoms with van der Waals surface area (Å²) >= 11 is 0. The van der Waals surface area contributed by atoms with Crippen LogP contribution in [0.3, 0.4) is 0 Å². The topological polar surface area (TPSA) is 54.0 Å². The first-order valence-corrected chi connectivity index (χ1v) is 12.6. The van der Waals surface area contributed by atoms with Gasteiger partial charge >= 0.3 is 14.5 Å². The molecule has 6 heteroatoms. The molecule has 1 aliphatic rings. The van der Waals surface area contributed by atoms with Crippen LogP contribution in [0.2, 0.25) is 6.04 Å². The molecule has 0 amide bonds. The Balaban J connectivity index is 0.000000590. The molecule has 1 heterocycles. The first kappa shape index (κ1) is 25.6. The van der Waals surface area contributed by atoms with Crippen molar-refractivity contribution >= 4 is 14.5 Å². The smallest absolute Gasteiger partial charge is 0.371 e. The maximum absolute atomic E-state index is 10.5. The molecule has 0 aromatic carbocycles. The van der Waals surface area contributed by atoms with Gasteiger partial charge in [0.05, 0.1) is 6.61 Å². The fourth-order valence-electron chi connectivity index (χ4n) is 3.54. The van der Waals surface area contributed by atoms with Crippen molar-refractivity contribution in [2.45, 2.75) is 97.8 Å². The number of ether oxygens (including phenoxy) is 2. The van der Waals surface area contributed by atoms with E-state index in [0.29, 0.717) is 13.0 Å². The quantitative estimate of drug-likeness (QED) is 0.277. The standard InChI is InChI=1S/C13H28O3Si.C7H14O2/c1-5-13(14-6-2)11-9-10-12-17(13,15-7-3)16-8-4;1-3-5-6-9-7(8)4-2/h5-12H2,1-4H3;3-6H2,1-2H3. The minimum Gasteiger partial charge on any atom is -0.466 e. The Morgan fingerprint density at radius 3 is 2.08 bits per heavy atom. The minimum absolute atomic E-state index is 0.0940. The number of unbranched alkanes of at least 4 members (excludes halogenated alkanes) is 1. The lowest BCUT2D eigenvalue weighted by Crippen LogP contribution is -2.65. The second kappa shape index (κ2) is 14.6. The summed E-state index contributed by atoms with van der Waals surface area (Å²) in [5.41, 5.74) is 0. The van der Waals surface area contributed by atoms with Crippen LogP contribution in [0.4, 0.5) is 0 Å². The number of hydrogen-bond acceptors (Lipinski definition) is 5. The molecule has 0 saturated carbocycles. The van der Waals surface area contributed by atoms with E-state index in [0.717, 1.165) is 51.5 Å². The van der Waals surface area contributed by atoms with Crippen LogP contribution >= 0.6 is 0 Å². The average molecular weight is 391 g/mol. The maximum Gasteiger partial charge on any atom is 0.371 e. The largest absolute Gasteiger partial charge is 0.466 e. The number of esters is 1. The molecular weight excluding hydrogens is 348 g/mol. The first-order valence-electron chi connectivity index (χ1n) is 10.6. The van der Waals surface area contributed by atoms with Crippen molar-refractivity contribution in [1.82, 2.24) is 0 Å². The Morgan fingerprint density at radius 1 is 0.962 bits per heavy atom. The molecule has 1 unspecified atom stereocenters. The van der Waals surface area contributed by atoms with Gasteiger partial charge in [0.15, 0.2) is 0 Å². The third kappa shape index (κ3) is 7.67. The average Bonchev–Trinajstić information content (AvgIpc) is 2.65. The van der Waals surface area contributed by atoms with E-state index in [1.165, 1.54) is 12.8 Å². The number of rotatable bonds is 11. The van der Waals surface area contributed by atoms with E-state index in [9.17, 15) is 4.79 Å². The van der Waals surface area contributed by atoms with Gasteiger partial charge in [0, 0.05) is 26.2 Å². The van der Waals surface area contributed by atoms with E-state index >= 15 is 0 Å². The highest BCUT2D eigenvalue weighted by Gasteiger charge is 2.58. The molecule has 0 aliphatic carbocycles. The summed E-state index contributed by atoms with van der Waals surface area (Å²) in [5, 5.41) is -0.119. The van der Waals surface area contributed by atoms with Gasteiger partial charge in [-0.15, -0.1) is 0 Å². The highest BCUT2D eigenvalue weighted by Crippen LogP contribution is 2.42. The van der Waals surface area contributed by atoms with Crippen molar-refractivity contribution in [2.24, 2.45) is 0 Å². The lowest BCUT2D eigenvalue weighted by molar-refractivity contribution is -0.143. The lowest BCUT2D eigenvalue weighted by atomic mass is 10.1. The summed E-state index contributed by atoms with van der Waals surface area (Å²) in [6, 6.07) is 1.09. The van der Waals surface area contributed by atoms with Gasteiger partial charge in [0.1, 0.15) is 5.22 Å². The molecule has 0 radical (unpaired) electrons. The van der Waals surface area contributed by atoms with Gasteiger partial charge in [-0.2, -0.15) is 0 Å². The van der Waals surface area contributed by atoms with E-state index in [-0.39, 0.29) is 11.2 Å². The van der Waals surface area contributed by atoms with Crippen LogP contribution < -0.4 is 0 Å². The predicted molar refractivity (Wildman–Crippen MR) is 108 cm³/mol. The molecule has 0 aromatic rings. The normalized spacial score (nSPS) is 21.6. The van der Waals surface area contributed by atoms with Gasteiger partial charge in [-0.3, -0.25) is 4.79 Å². The summed E-state index contributed by atoms with van der Waals surface area (Å²) in [6.45, 7) is 15.1. The molecule has 5 nitrogen and oxygen atoms in total. The van der Waals surface area contributed by atoms with Gasteiger partial charge in [0.2, 0.25) is 0 Å². The minimum atomic E-state index is -2.21. The van der Waals surface area contributed by atoms with Crippen molar-refractivity contribution in [3.05, 3.63) is 0 Å². The molecule has 0 bridgehead atoms. The van der Waals surface area contributed by atoms with Crippen LogP contribution in [-0.2, 0) is 23.1 Å². The SMILES string of the molecule is CCCCOC(=O)CC.CCOC1(CC)CCCC[Si]1(OCC)OCC. The van der Waals surface area contributed by atoms with Gasteiger partial charge in [-0.25, -0.2) is 0 Å². The highest BCUT2D eigenvalue weighted by atomic mass is 28.4. The first-order chi connectivity index (χ1) is 12.5. The van der Waals surface area contributed by atoms with Gasteiger partial charge < -0.3 is 18.3 Å². The second-order valence-corrected chi connectivity index (χ2v) is 10.0. The summed E-state index contributed by atoms with van der Waals surface area (Å²) in [7, 11) is -2.21. The van der Waals surface area contributed by atoms with Crippen molar-refractivity contribution in [3.8, 4) is 0 Å². The monoisotopic (exact) mass is 390 g/mol. The molecule has 1 atom stereocenters. The molecule has 0 aromatic heterocycles. The lowest BCUT2D eigenvalue weighted by Gasteiger charge is -2.49. The van der Waals surface area contributed by atoms with Crippen LogP contribution in [0.5, 0.6) is 0 Å². The fourth-order valence-corrected chi connectivity index (χ4v) is 8.00. The molecule has 1 fully saturated rings. The predicted octanol–water partition coefficient (Wildman–Crippen LogP) is 5.15. The van der Waals surface area contributed by atoms with E-state index < -0.39 is 8.56 Å². The van der Waals surface area contributed by atoms with Gasteiger partial charge in [-0.05, 0) is 46.1 Å². The van der Waals surface area contributed by atoms with Crippen molar-refractivity contribution in [2.75, 3.05) is 26.4 Å². The summed E-state index contributed by atoms with van der Waals surface area (Å²) in [4.78, 5) is 10.5. The zero-order valence-corrected chi connectivity index (χ0v) is 19.0. The Labute approximate surface area is 162 Å². The molecule has 1 aliphatic heterocycles. The maximum atomic E-state index is 10.5. The van der Waals surface area contributed by atoms with Crippen LogP contribution in [0.15, 0.2) is 0 Å². The fraction of sp³-hybridized carbons (Fsp3) is 0.950. The molecule has 156 valence electrons.